The molecule has 9 heteroatoms. The number of rotatable bonds is 7. The first-order valence-corrected chi connectivity index (χ1v) is 10.2. The largest absolute Gasteiger partial charge is 0.350 e. The Kier molecular flexibility index (Phi) is 6.30. The molecule has 1 amide bonds. The second-order valence-electron chi connectivity index (χ2n) is 7.66. The van der Waals surface area contributed by atoms with Crippen molar-refractivity contribution in [1.82, 2.24) is 24.8 Å². The molecule has 2 aromatic heterocycles. The molecule has 0 radical (unpaired) electrons. The number of hydrogen-bond donors (Lipinski definition) is 2. The van der Waals surface area contributed by atoms with E-state index in [1.807, 2.05) is 29.2 Å². The van der Waals surface area contributed by atoms with Gasteiger partial charge in [0, 0.05) is 32.4 Å². The molecule has 31 heavy (non-hydrogen) atoms. The fourth-order valence-electron chi connectivity index (χ4n) is 3.39. The maximum Gasteiger partial charge on any atom is 0.272 e. The fraction of sp³-hybridized carbons (Fsp3) is 0.318. The highest BCUT2D eigenvalue weighted by molar-refractivity contribution is 5.92. The van der Waals surface area contributed by atoms with Crippen molar-refractivity contribution in [1.29, 1.82) is 0 Å². The monoisotopic (exact) mass is 421 g/mol. The number of nitrogens with zero attached hydrogens (tertiary/aromatic N) is 5. The summed E-state index contributed by atoms with van der Waals surface area (Å²) in [5.41, 5.74) is 2.51. The molecule has 1 aliphatic rings. The highest BCUT2D eigenvalue weighted by atomic mass is 19.1. The molecule has 0 spiro atoms. The second kappa shape index (κ2) is 9.46. The van der Waals surface area contributed by atoms with Crippen LogP contribution in [0.2, 0.25) is 0 Å². The zero-order chi connectivity index (χ0) is 21.6. The molecule has 1 atom stereocenters. The Morgan fingerprint density at radius 1 is 1.03 bits per heavy atom. The maximum absolute atomic E-state index is 12.8. The lowest BCUT2D eigenvalue weighted by Gasteiger charge is -2.15. The number of halogens is 1. The number of likely N-dealkylation sites (tertiary alicyclic amines) is 1. The Labute approximate surface area is 180 Å². The minimum Gasteiger partial charge on any atom is -0.350 e. The first-order valence-electron chi connectivity index (χ1n) is 10.2. The molecule has 1 saturated heterocycles. The van der Waals surface area contributed by atoms with E-state index in [0.29, 0.717) is 36.6 Å². The number of amides is 1. The van der Waals surface area contributed by atoms with Crippen molar-refractivity contribution in [3.63, 3.8) is 0 Å². The molecule has 1 aliphatic heterocycles. The highest BCUT2D eigenvalue weighted by Gasteiger charge is 2.25. The molecule has 0 saturated carbocycles. The number of benzene rings is 1. The van der Waals surface area contributed by atoms with Crippen molar-refractivity contribution in [2.45, 2.75) is 26.4 Å². The summed E-state index contributed by atoms with van der Waals surface area (Å²) in [7, 11) is 0. The molecule has 8 nitrogen and oxygen atoms in total. The summed E-state index contributed by atoms with van der Waals surface area (Å²) >= 11 is 0. The van der Waals surface area contributed by atoms with Gasteiger partial charge in [0.2, 0.25) is 11.9 Å². The Bertz CT molecular complexity index is 1030. The van der Waals surface area contributed by atoms with Gasteiger partial charge in [-0.1, -0.05) is 31.2 Å². The van der Waals surface area contributed by atoms with Crippen molar-refractivity contribution in [3.8, 4) is 0 Å². The summed E-state index contributed by atoms with van der Waals surface area (Å²) in [4.78, 5) is 30.8. The SMILES string of the molecule is CC1CCN(C(=O)c2ccnc(NCc3ccc(CNc4ncc(F)cn4)cc3)n2)C1. The molecule has 1 fully saturated rings. The van der Waals surface area contributed by atoms with Crippen LogP contribution in [0.1, 0.15) is 35.0 Å². The van der Waals surface area contributed by atoms with Crippen LogP contribution in [0.5, 0.6) is 0 Å². The van der Waals surface area contributed by atoms with Crippen LogP contribution in [-0.4, -0.2) is 43.8 Å². The van der Waals surface area contributed by atoms with Crippen molar-refractivity contribution in [2.75, 3.05) is 23.7 Å². The molecule has 4 rings (SSSR count). The summed E-state index contributed by atoms with van der Waals surface area (Å²) in [5.74, 6) is 0.827. The van der Waals surface area contributed by atoms with Crippen LogP contribution in [0, 0.1) is 11.7 Å². The lowest BCUT2D eigenvalue weighted by atomic mass is 10.1. The summed E-state index contributed by atoms with van der Waals surface area (Å²) < 4.78 is 12.8. The molecule has 0 bridgehead atoms. The topological polar surface area (TPSA) is 95.9 Å². The average Bonchev–Trinajstić information content (AvgIpc) is 3.24. The maximum atomic E-state index is 12.8. The summed E-state index contributed by atoms with van der Waals surface area (Å²) in [6.45, 7) is 4.77. The van der Waals surface area contributed by atoms with Gasteiger partial charge in [-0.25, -0.2) is 24.3 Å². The van der Waals surface area contributed by atoms with Crippen LogP contribution in [0.3, 0.4) is 0 Å². The van der Waals surface area contributed by atoms with Crippen molar-refractivity contribution >= 4 is 17.8 Å². The summed E-state index contributed by atoms with van der Waals surface area (Å²) in [6, 6.07) is 9.63. The standard InChI is InChI=1S/C22H24FN7O/c1-15-7-9-30(14-15)20(31)19-6-8-24-22(29-19)26-11-17-4-2-16(3-5-17)10-25-21-27-12-18(23)13-28-21/h2-6,8,12-13,15H,7,9-11,14H2,1H3,(H,24,26,29)(H,25,27,28). The number of carbonyl (C=O) groups is 1. The molecule has 1 aromatic carbocycles. The molecular formula is C22H24FN7O. The smallest absolute Gasteiger partial charge is 0.272 e. The minimum atomic E-state index is -0.466. The van der Waals surface area contributed by atoms with Gasteiger partial charge in [-0.15, -0.1) is 0 Å². The van der Waals surface area contributed by atoms with Crippen LogP contribution in [0.4, 0.5) is 16.3 Å². The third-order valence-electron chi connectivity index (χ3n) is 5.13. The second-order valence-corrected chi connectivity index (χ2v) is 7.66. The van der Waals surface area contributed by atoms with Crippen LogP contribution >= 0.6 is 0 Å². The number of carbonyl (C=O) groups excluding carboxylic acids is 1. The van der Waals surface area contributed by atoms with E-state index in [4.69, 9.17) is 0 Å². The fourth-order valence-corrected chi connectivity index (χ4v) is 3.39. The van der Waals surface area contributed by atoms with Crippen LogP contribution in [0.25, 0.3) is 0 Å². The van der Waals surface area contributed by atoms with Gasteiger partial charge in [-0.05, 0) is 29.5 Å². The van der Waals surface area contributed by atoms with E-state index < -0.39 is 5.82 Å². The van der Waals surface area contributed by atoms with Gasteiger partial charge in [-0.3, -0.25) is 4.79 Å². The van der Waals surface area contributed by atoms with Crippen LogP contribution in [-0.2, 0) is 13.1 Å². The van der Waals surface area contributed by atoms with Gasteiger partial charge in [0.1, 0.15) is 5.69 Å². The third-order valence-corrected chi connectivity index (χ3v) is 5.13. The van der Waals surface area contributed by atoms with Gasteiger partial charge in [0.05, 0.1) is 12.4 Å². The van der Waals surface area contributed by atoms with E-state index in [1.165, 1.54) is 0 Å². The Hall–Kier alpha value is -3.62. The molecule has 160 valence electrons. The van der Waals surface area contributed by atoms with E-state index in [9.17, 15) is 9.18 Å². The lowest BCUT2D eigenvalue weighted by molar-refractivity contribution is 0.0782. The van der Waals surface area contributed by atoms with Crippen molar-refractivity contribution < 1.29 is 9.18 Å². The predicted molar refractivity (Wildman–Crippen MR) is 115 cm³/mol. The zero-order valence-corrected chi connectivity index (χ0v) is 17.3. The van der Waals surface area contributed by atoms with E-state index in [0.717, 1.165) is 43.0 Å². The Morgan fingerprint density at radius 3 is 2.29 bits per heavy atom. The number of anilines is 2. The third kappa shape index (κ3) is 5.50. The van der Waals surface area contributed by atoms with E-state index in [2.05, 4.69) is 37.5 Å². The summed E-state index contributed by atoms with van der Waals surface area (Å²) in [6.07, 6.45) is 4.89. The quantitative estimate of drug-likeness (QED) is 0.605. The first kappa shape index (κ1) is 20.6. The van der Waals surface area contributed by atoms with Gasteiger partial charge >= 0.3 is 0 Å². The number of nitrogens with one attached hydrogen (secondary N) is 2. The van der Waals surface area contributed by atoms with Crippen molar-refractivity contribution in [2.24, 2.45) is 5.92 Å². The average molecular weight is 421 g/mol. The molecule has 2 N–H and O–H groups in total. The van der Waals surface area contributed by atoms with Gasteiger partial charge in [0.25, 0.3) is 5.91 Å². The van der Waals surface area contributed by atoms with E-state index in [-0.39, 0.29) is 5.91 Å². The van der Waals surface area contributed by atoms with Gasteiger partial charge in [-0.2, -0.15) is 0 Å². The lowest BCUT2D eigenvalue weighted by Crippen LogP contribution is -2.29. The van der Waals surface area contributed by atoms with Gasteiger partial charge < -0.3 is 15.5 Å². The van der Waals surface area contributed by atoms with E-state index >= 15 is 0 Å². The summed E-state index contributed by atoms with van der Waals surface area (Å²) in [5, 5.41) is 6.22. The van der Waals surface area contributed by atoms with Crippen LogP contribution in [0.15, 0.2) is 48.9 Å². The predicted octanol–water partition coefficient (Wildman–Crippen LogP) is 3.11. The van der Waals surface area contributed by atoms with E-state index in [1.54, 1.807) is 12.3 Å². The molecule has 0 aliphatic carbocycles. The zero-order valence-electron chi connectivity index (χ0n) is 17.3. The normalized spacial score (nSPS) is 15.7. The first-order chi connectivity index (χ1) is 15.1. The molecule has 3 heterocycles. The molecular weight excluding hydrogens is 397 g/mol. The molecule has 3 aromatic rings. The minimum absolute atomic E-state index is 0.0446. The van der Waals surface area contributed by atoms with Gasteiger partial charge in [0.15, 0.2) is 5.82 Å². The Morgan fingerprint density at radius 2 is 1.68 bits per heavy atom. The molecule has 1 unspecified atom stereocenters. The van der Waals surface area contributed by atoms with Crippen molar-refractivity contribution in [3.05, 3.63) is 71.6 Å². The number of aromatic nitrogens is 4. The van der Waals surface area contributed by atoms with Crippen LogP contribution < -0.4 is 10.6 Å². The number of hydrogen-bond acceptors (Lipinski definition) is 7. The highest BCUT2D eigenvalue weighted by Crippen LogP contribution is 2.17. The Balaban J connectivity index is 1.30.